The number of nitrogens with one attached hydrogen (secondary N) is 1. The largest absolute Gasteiger partial charge is 0.490 e. The van der Waals surface area contributed by atoms with Crippen molar-refractivity contribution in [3.05, 3.63) is 42.0 Å². The molecule has 0 atom stereocenters. The van der Waals surface area contributed by atoms with Crippen molar-refractivity contribution in [2.45, 2.75) is 25.2 Å². The third-order valence-electron chi connectivity index (χ3n) is 4.65. The summed E-state index contributed by atoms with van der Waals surface area (Å²) in [4.78, 5) is 2.22. The molecule has 0 amide bonds. The molecule has 0 aliphatic carbocycles. The number of anilines is 1. The molecule has 0 saturated heterocycles. The molecule has 0 aromatic heterocycles. The van der Waals surface area contributed by atoms with Crippen molar-refractivity contribution in [3.63, 3.8) is 0 Å². The zero-order chi connectivity index (χ0) is 20.9. The Hall–Kier alpha value is -2.45. The number of ether oxygens (including phenoxy) is 3. The standard InChI is InChI=1S/C21H28N2O5S/c1-4-26-20-8-6-16(14-21(20)27-5-2)10-11-22-29(24,25)17-7-9-19-18(15-17)23(3)12-13-28-19/h6-9,14-15,22H,4-5,10-13H2,1-3H3. The maximum absolute atomic E-state index is 12.7. The number of fused-ring (bicyclic) bond motifs is 1. The van der Waals surface area contributed by atoms with Crippen LogP contribution in [0.15, 0.2) is 41.3 Å². The molecule has 2 aromatic rings. The van der Waals surface area contributed by atoms with Crippen LogP contribution in [-0.2, 0) is 16.4 Å². The van der Waals surface area contributed by atoms with Crippen LogP contribution in [0.2, 0.25) is 0 Å². The predicted molar refractivity (Wildman–Crippen MR) is 113 cm³/mol. The monoisotopic (exact) mass is 420 g/mol. The molecule has 3 rings (SSSR count). The molecule has 0 bridgehead atoms. The average molecular weight is 421 g/mol. The number of sulfonamides is 1. The SMILES string of the molecule is CCOc1ccc(CCNS(=O)(=O)c2ccc3c(c2)N(C)CCO3)cc1OCC. The Morgan fingerprint density at radius 1 is 1.07 bits per heavy atom. The lowest BCUT2D eigenvalue weighted by molar-refractivity contribution is 0.287. The summed E-state index contributed by atoms with van der Waals surface area (Å²) in [5, 5.41) is 0. The summed E-state index contributed by atoms with van der Waals surface area (Å²) >= 11 is 0. The topological polar surface area (TPSA) is 77.1 Å². The van der Waals surface area contributed by atoms with E-state index in [1.165, 1.54) is 0 Å². The van der Waals surface area contributed by atoms with E-state index in [2.05, 4.69) is 4.72 Å². The van der Waals surface area contributed by atoms with Crippen molar-refractivity contribution < 1.29 is 22.6 Å². The molecular weight excluding hydrogens is 392 g/mol. The van der Waals surface area contributed by atoms with E-state index in [4.69, 9.17) is 14.2 Å². The average Bonchev–Trinajstić information content (AvgIpc) is 2.70. The molecule has 1 N–H and O–H groups in total. The highest BCUT2D eigenvalue weighted by molar-refractivity contribution is 7.89. The highest BCUT2D eigenvalue weighted by atomic mass is 32.2. The van der Waals surface area contributed by atoms with Gasteiger partial charge in [0.25, 0.3) is 0 Å². The Kier molecular flexibility index (Phi) is 6.87. The molecule has 29 heavy (non-hydrogen) atoms. The fraction of sp³-hybridized carbons (Fsp3) is 0.429. The van der Waals surface area contributed by atoms with Crippen LogP contribution in [0, 0.1) is 0 Å². The molecule has 1 heterocycles. The van der Waals surface area contributed by atoms with Crippen molar-refractivity contribution >= 4 is 15.7 Å². The minimum atomic E-state index is -3.61. The number of hydrogen-bond donors (Lipinski definition) is 1. The van der Waals surface area contributed by atoms with E-state index in [0.29, 0.717) is 43.5 Å². The maximum atomic E-state index is 12.7. The smallest absolute Gasteiger partial charge is 0.240 e. The fourth-order valence-corrected chi connectivity index (χ4v) is 4.21. The zero-order valence-corrected chi connectivity index (χ0v) is 17.9. The number of likely N-dealkylation sites (N-methyl/N-ethyl adjacent to an activating group) is 1. The van der Waals surface area contributed by atoms with Gasteiger partial charge in [-0.25, -0.2) is 13.1 Å². The van der Waals surface area contributed by atoms with E-state index in [0.717, 1.165) is 17.8 Å². The van der Waals surface area contributed by atoms with Gasteiger partial charge in [-0.15, -0.1) is 0 Å². The number of nitrogens with zero attached hydrogens (tertiary/aromatic N) is 1. The summed E-state index contributed by atoms with van der Waals surface area (Å²) in [7, 11) is -1.69. The first-order valence-electron chi connectivity index (χ1n) is 9.80. The van der Waals surface area contributed by atoms with E-state index >= 15 is 0 Å². The minimum Gasteiger partial charge on any atom is -0.490 e. The molecule has 8 heteroatoms. The third kappa shape index (κ3) is 5.13. The molecule has 158 valence electrons. The number of rotatable bonds is 9. The Bertz CT molecular complexity index is 946. The van der Waals surface area contributed by atoms with Crippen LogP contribution >= 0.6 is 0 Å². The van der Waals surface area contributed by atoms with E-state index in [1.54, 1.807) is 18.2 Å². The maximum Gasteiger partial charge on any atom is 0.240 e. The van der Waals surface area contributed by atoms with Crippen molar-refractivity contribution in [3.8, 4) is 17.2 Å². The van der Waals surface area contributed by atoms with Crippen LogP contribution in [0.25, 0.3) is 0 Å². The van der Waals surface area contributed by atoms with Gasteiger partial charge in [0, 0.05) is 13.6 Å². The van der Waals surface area contributed by atoms with Gasteiger partial charge in [0.15, 0.2) is 11.5 Å². The minimum absolute atomic E-state index is 0.232. The zero-order valence-electron chi connectivity index (χ0n) is 17.1. The van der Waals surface area contributed by atoms with Crippen molar-refractivity contribution in [2.75, 3.05) is 44.9 Å². The van der Waals surface area contributed by atoms with Gasteiger partial charge in [-0.05, 0) is 56.2 Å². The van der Waals surface area contributed by atoms with Crippen LogP contribution in [0.1, 0.15) is 19.4 Å². The molecule has 1 aliphatic rings. The molecule has 0 unspecified atom stereocenters. The van der Waals surface area contributed by atoms with Crippen LogP contribution in [0.4, 0.5) is 5.69 Å². The second kappa shape index (κ2) is 9.37. The van der Waals surface area contributed by atoms with Crippen LogP contribution in [0.3, 0.4) is 0 Å². The first-order chi connectivity index (χ1) is 13.9. The van der Waals surface area contributed by atoms with Crippen LogP contribution in [0.5, 0.6) is 17.2 Å². The molecule has 0 radical (unpaired) electrons. The first-order valence-corrected chi connectivity index (χ1v) is 11.3. The van der Waals surface area contributed by atoms with Crippen molar-refractivity contribution in [1.29, 1.82) is 0 Å². The Labute approximate surface area is 172 Å². The summed E-state index contributed by atoms with van der Waals surface area (Å²) in [6, 6.07) is 10.6. The summed E-state index contributed by atoms with van der Waals surface area (Å²) in [5.74, 6) is 2.07. The molecular formula is C21H28N2O5S. The van der Waals surface area contributed by atoms with E-state index in [9.17, 15) is 8.42 Å². The van der Waals surface area contributed by atoms with Gasteiger partial charge in [-0.1, -0.05) is 6.07 Å². The molecule has 0 saturated carbocycles. The molecule has 7 nitrogen and oxygen atoms in total. The highest BCUT2D eigenvalue weighted by Gasteiger charge is 2.20. The van der Waals surface area contributed by atoms with Gasteiger partial charge in [0.2, 0.25) is 10.0 Å². The summed E-state index contributed by atoms with van der Waals surface area (Å²) < 4.78 is 44.9. The van der Waals surface area contributed by atoms with Gasteiger partial charge in [0.05, 0.1) is 30.3 Å². The lowest BCUT2D eigenvalue weighted by Gasteiger charge is -2.28. The third-order valence-corrected chi connectivity index (χ3v) is 6.11. The normalized spacial score (nSPS) is 13.6. The highest BCUT2D eigenvalue weighted by Crippen LogP contribution is 2.33. The number of hydrogen-bond acceptors (Lipinski definition) is 6. The molecule has 0 fully saturated rings. The molecule has 2 aromatic carbocycles. The second-order valence-electron chi connectivity index (χ2n) is 6.69. The lowest BCUT2D eigenvalue weighted by Crippen LogP contribution is -2.30. The van der Waals surface area contributed by atoms with Crippen molar-refractivity contribution in [2.24, 2.45) is 0 Å². The fourth-order valence-electron chi connectivity index (χ4n) is 3.16. The Morgan fingerprint density at radius 2 is 1.83 bits per heavy atom. The summed E-state index contributed by atoms with van der Waals surface area (Å²) in [6.45, 7) is 6.53. The Balaban J connectivity index is 1.67. The van der Waals surface area contributed by atoms with Gasteiger partial charge in [0.1, 0.15) is 12.4 Å². The van der Waals surface area contributed by atoms with E-state index in [1.807, 2.05) is 44.0 Å². The van der Waals surface area contributed by atoms with Crippen LogP contribution in [-0.4, -0.2) is 48.4 Å². The van der Waals surface area contributed by atoms with Gasteiger partial charge >= 0.3 is 0 Å². The van der Waals surface area contributed by atoms with E-state index < -0.39 is 10.0 Å². The first kappa shape index (κ1) is 21.3. The lowest BCUT2D eigenvalue weighted by atomic mass is 10.1. The second-order valence-corrected chi connectivity index (χ2v) is 8.46. The predicted octanol–water partition coefficient (Wildman–Crippen LogP) is 2.83. The van der Waals surface area contributed by atoms with Crippen molar-refractivity contribution in [1.82, 2.24) is 4.72 Å². The summed E-state index contributed by atoms with van der Waals surface area (Å²) in [5.41, 5.74) is 1.75. The summed E-state index contributed by atoms with van der Waals surface area (Å²) in [6.07, 6.45) is 0.541. The number of benzene rings is 2. The van der Waals surface area contributed by atoms with Gasteiger partial charge in [-0.3, -0.25) is 0 Å². The van der Waals surface area contributed by atoms with Gasteiger partial charge < -0.3 is 19.1 Å². The quantitative estimate of drug-likeness (QED) is 0.672. The molecule has 0 spiro atoms. The van der Waals surface area contributed by atoms with E-state index in [-0.39, 0.29) is 11.4 Å². The van der Waals surface area contributed by atoms with Crippen LogP contribution < -0.4 is 23.8 Å². The van der Waals surface area contributed by atoms with Gasteiger partial charge in [-0.2, -0.15) is 0 Å². The molecule has 1 aliphatic heterocycles. The Morgan fingerprint density at radius 3 is 2.59 bits per heavy atom.